The highest BCUT2D eigenvalue weighted by Crippen LogP contribution is 2.26. The van der Waals surface area contributed by atoms with Gasteiger partial charge in [0.15, 0.2) is 0 Å². The second kappa shape index (κ2) is 4.34. The van der Waals surface area contributed by atoms with Gasteiger partial charge in [-0.15, -0.1) is 0 Å². The first-order valence-electron chi connectivity index (χ1n) is 5.77. The Bertz CT molecular complexity index is 582. The number of fused-ring (bicyclic) bond motifs is 1. The molecule has 2 atom stereocenters. The van der Waals surface area contributed by atoms with E-state index in [0.717, 1.165) is 6.42 Å². The van der Waals surface area contributed by atoms with Crippen molar-refractivity contribution >= 4 is 17.1 Å². The Balaban J connectivity index is 1.86. The van der Waals surface area contributed by atoms with Crippen LogP contribution in [0.15, 0.2) is 16.9 Å². The molecule has 0 bridgehead atoms. The summed E-state index contributed by atoms with van der Waals surface area (Å²) in [5.74, 6) is -0.101. The van der Waals surface area contributed by atoms with Gasteiger partial charge in [-0.25, -0.2) is 9.97 Å². The predicted octanol–water partition coefficient (Wildman–Crippen LogP) is 0.538. The number of nitrogens with one attached hydrogen (secondary N) is 1. The van der Waals surface area contributed by atoms with Crippen LogP contribution in [0.1, 0.15) is 24.6 Å². The molecule has 2 aromatic heterocycles. The lowest BCUT2D eigenvalue weighted by Crippen LogP contribution is -2.43. The zero-order valence-corrected chi connectivity index (χ0v) is 9.54. The molecule has 7 heteroatoms. The Labute approximate surface area is 102 Å². The Morgan fingerprint density at radius 1 is 1.50 bits per heavy atom. The minimum absolute atomic E-state index is 0.0617. The maximum atomic E-state index is 11.0. The fourth-order valence-corrected chi connectivity index (χ4v) is 2.23. The van der Waals surface area contributed by atoms with Gasteiger partial charge in [-0.1, -0.05) is 5.16 Å². The van der Waals surface area contributed by atoms with E-state index < -0.39 is 12.0 Å². The number of piperidine rings is 1. The van der Waals surface area contributed by atoms with E-state index in [4.69, 9.17) is 9.63 Å². The highest BCUT2D eigenvalue weighted by Gasteiger charge is 2.29. The van der Waals surface area contributed by atoms with Gasteiger partial charge in [0, 0.05) is 5.92 Å². The highest BCUT2D eigenvalue weighted by molar-refractivity contribution is 5.73. The number of rotatable bonds is 2. The third-order valence-corrected chi connectivity index (χ3v) is 3.19. The molecule has 0 amide bonds. The summed E-state index contributed by atoms with van der Waals surface area (Å²) in [6.07, 6.45) is 4.46. The number of carboxylic acid groups (broad SMARTS) is 1. The molecule has 0 radical (unpaired) electrons. The molecule has 2 N–H and O–H groups in total. The van der Waals surface area contributed by atoms with Crippen molar-refractivity contribution in [2.75, 3.05) is 6.54 Å². The van der Waals surface area contributed by atoms with E-state index in [1.807, 2.05) is 0 Å². The monoisotopic (exact) mass is 248 g/mol. The second-order valence-electron chi connectivity index (χ2n) is 4.37. The summed E-state index contributed by atoms with van der Waals surface area (Å²) in [5, 5.41) is 15.6. The molecule has 1 aliphatic rings. The minimum atomic E-state index is -0.828. The van der Waals surface area contributed by atoms with Crippen LogP contribution in [0.25, 0.3) is 11.1 Å². The van der Waals surface area contributed by atoms with E-state index in [9.17, 15) is 4.79 Å². The number of nitrogens with zero attached hydrogens (tertiary/aromatic N) is 3. The number of aliphatic carboxylic acids is 1. The minimum Gasteiger partial charge on any atom is -0.480 e. The third kappa shape index (κ3) is 1.92. The topological polar surface area (TPSA) is 101 Å². The molecule has 94 valence electrons. The first-order valence-corrected chi connectivity index (χ1v) is 5.77. The summed E-state index contributed by atoms with van der Waals surface area (Å²) in [6.45, 7) is 0.659. The average Bonchev–Trinajstić information content (AvgIpc) is 2.86. The molecule has 7 nitrogen and oxygen atoms in total. The lowest BCUT2D eigenvalue weighted by molar-refractivity contribution is -0.140. The number of hydrogen-bond donors (Lipinski definition) is 2. The van der Waals surface area contributed by atoms with Crippen LogP contribution < -0.4 is 5.32 Å². The summed E-state index contributed by atoms with van der Waals surface area (Å²) in [4.78, 5) is 19.6. The van der Waals surface area contributed by atoms with E-state index in [2.05, 4.69) is 20.4 Å². The Morgan fingerprint density at radius 3 is 3.22 bits per heavy atom. The van der Waals surface area contributed by atoms with Gasteiger partial charge in [0.1, 0.15) is 17.4 Å². The van der Waals surface area contributed by atoms with Crippen LogP contribution in [0.3, 0.4) is 0 Å². The van der Waals surface area contributed by atoms with Gasteiger partial charge >= 0.3 is 5.97 Å². The van der Waals surface area contributed by atoms with Gasteiger partial charge in [0.2, 0.25) is 5.58 Å². The molecule has 2 unspecified atom stereocenters. The van der Waals surface area contributed by atoms with Crippen molar-refractivity contribution in [1.82, 2.24) is 20.4 Å². The molecule has 3 heterocycles. The molecule has 18 heavy (non-hydrogen) atoms. The van der Waals surface area contributed by atoms with Crippen molar-refractivity contribution in [3.05, 3.63) is 18.2 Å². The van der Waals surface area contributed by atoms with Crippen LogP contribution >= 0.6 is 0 Å². The molecule has 3 rings (SSSR count). The zero-order chi connectivity index (χ0) is 12.5. The third-order valence-electron chi connectivity index (χ3n) is 3.19. The van der Waals surface area contributed by atoms with E-state index in [1.165, 1.54) is 6.20 Å². The smallest absolute Gasteiger partial charge is 0.320 e. The van der Waals surface area contributed by atoms with Gasteiger partial charge in [0.05, 0.1) is 12.4 Å². The summed E-state index contributed by atoms with van der Waals surface area (Å²) >= 11 is 0. The number of carboxylic acids is 1. The maximum absolute atomic E-state index is 11.0. The van der Waals surface area contributed by atoms with Gasteiger partial charge < -0.3 is 14.9 Å². The van der Waals surface area contributed by atoms with E-state index in [0.29, 0.717) is 29.9 Å². The van der Waals surface area contributed by atoms with Crippen molar-refractivity contribution in [1.29, 1.82) is 0 Å². The first kappa shape index (κ1) is 11.1. The fraction of sp³-hybridized carbons (Fsp3) is 0.455. The molecule has 1 aliphatic heterocycles. The van der Waals surface area contributed by atoms with Crippen LogP contribution in [0.4, 0.5) is 0 Å². The SMILES string of the molecule is O=C(O)C1CC(c2ncc3oncc3n2)CCN1. The maximum Gasteiger partial charge on any atom is 0.320 e. The summed E-state index contributed by atoms with van der Waals surface area (Å²) < 4.78 is 4.94. The lowest BCUT2D eigenvalue weighted by atomic mass is 9.91. The first-order chi connectivity index (χ1) is 8.74. The molecular weight excluding hydrogens is 236 g/mol. The van der Waals surface area contributed by atoms with Crippen LogP contribution in [0.2, 0.25) is 0 Å². The van der Waals surface area contributed by atoms with E-state index in [-0.39, 0.29) is 5.92 Å². The van der Waals surface area contributed by atoms with Crippen LogP contribution in [0, 0.1) is 0 Å². The van der Waals surface area contributed by atoms with E-state index in [1.54, 1.807) is 6.20 Å². The standard InChI is InChI=1S/C11H12N4O3/c16-11(17)7-3-6(1-2-12-7)10-13-5-9-8(15-10)4-14-18-9/h4-7,12H,1-3H2,(H,16,17). The normalized spacial score (nSPS) is 24.2. The number of carbonyl (C=O) groups is 1. The van der Waals surface area contributed by atoms with Crippen molar-refractivity contribution in [3.8, 4) is 0 Å². The molecule has 0 aromatic carbocycles. The van der Waals surface area contributed by atoms with Crippen LogP contribution in [-0.2, 0) is 4.79 Å². The Morgan fingerprint density at radius 2 is 2.39 bits per heavy atom. The Kier molecular flexibility index (Phi) is 2.67. The second-order valence-corrected chi connectivity index (χ2v) is 4.37. The zero-order valence-electron chi connectivity index (χ0n) is 9.54. The summed E-state index contributed by atoms with van der Waals surface area (Å²) in [7, 11) is 0. The largest absolute Gasteiger partial charge is 0.480 e. The van der Waals surface area contributed by atoms with Gasteiger partial charge in [-0.2, -0.15) is 0 Å². The molecule has 0 aliphatic carbocycles. The number of aromatic nitrogens is 3. The predicted molar refractivity (Wildman–Crippen MR) is 61.0 cm³/mol. The van der Waals surface area contributed by atoms with Crippen LogP contribution in [0.5, 0.6) is 0 Å². The van der Waals surface area contributed by atoms with Crippen molar-refractivity contribution in [2.24, 2.45) is 0 Å². The fourth-order valence-electron chi connectivity index (χ4n) is 2.23. The summed E-state index contributed by atoms with van der Waals surface area (Å²) in [5.41, 5.74) is 1.20. The van der Waals surface area contributed by atoms with Crippen molar-refractivity contribution < 1.29 is 14.4 Å². The van der Waals surface area contributed by atoms with E-state index >= 15 is 0 Å². The van der Waals surface area contributed by atoms with Crippen LogP contribution in [-0.4, -0.2) is 38.8 Å². The number of hydrogen-bond acceptors (Lipinski definition) is 6. The summed E-state index contributed by atoms with van der Waals surface area (Å²) in [6, 6.07) is -0.523. The Hall–Kier alpha value is -2.02. The molecule has 2 aromatic rings. The van der Waals surface area contributed by atoms with Crippen molar-refractivity contribution in [2.45, 2.75) is 24.8 Å². The molecule has 1 saturated heterocycles. The molecular formula is C11H12N4O3. The van der Waals surface area contributed by atoms with Gasteiger partial charge in [-0.05, 0) is 19.4 Å². The van der Waals surface area contributed by atoms with Crippen molar-refractivity contribution in [3.63, 3.8) is 0 Å². The van der Waals surface area contributed by atoms with Gasteiger partial charge in [-0.3, -0.25) is 4.79 Å². The molecule has 0 spiro atoms. The lowest BCUT2D eigenvalue weighted by Gasteiger charge is -2.26. The average molecular weight is 248 g/mol. The molecule has 0 saturated carbocycles. The van der Waals surface area contributed by atoms with Gasteiger partial charge in [0.25, 0.3) is 0 Å². The quantitative estimate of drug-likeness (QED) is 0.799. The molecule has 1 fully saturated rings. The highest BCUT2D eigenvalue weighted by atomic mass is 16.5.